The van der Waals surface area contributed by atoms with E-state index in [2.05, 4.69) is 35.6 Å². The van der Waals surface area contributed by atoms with E-state index < -0.39 is 82.7 Å². The van der Waals surface area contributed by atoms with Crippen molar-refractivity contribution < 1.29 is 59.8 Å². The number of carbonyl (C=O) groups excluding carboxylic acids is 4. The Kier molecular flexibility index (Phi) is 28.2. The molecule has 0 aromatic rings. The number of ether oxygens (including phenoxy) is 1. The van der Waals surface area contributed by atoms with Crippen molar-refractivity contribution in [2.45, 2.75) is 175 Å². The number of alkyl halides is 6. The number of aliphatic hydroxyl groups is 1. The summed E-state index contributed by atoms with van der Waals surface area (Å²) in [5.74, 6) is -1.94. The zero-order valence-electron chi connectivity index (χ0n) is 31.7. The van der Waals surface area contributed by atoms with Crippen LogP contribution in [0.1, 0.15) is 75.7 Å². The predicted molar refractivity (Wildman–Crippen MR) is 190 cm³/mol. The third-order valence-corrected chi connectivity index (χ3v) is 8.65. The maximum Gasteiger partial charge on any atom is 0.194 e. The molecule has 1 rings (SSSR count). The number of hydrogen-bond acceptors (Lipinski definition) is 8. The standard InChI is InChI=1S/C9H19FO2Si.C8H17FO2Si.C5H8BrFO.C5H9FO2.C5H9FO/c1-7(10)9(6-11-9)8(2)12-13(3,4)5;1-6(9)8(10)7(2)11-12(3,4)5;2*1-3(6)5(8)4(2)7;1-3-5(7)4(2)6/h7-8H,6H2,1-5H3;6-7H,1-5H3;3-4H,1-2H3;3-4,7H,1-2H3;4H,3H2,1-2H3. The van der Waals surface area contributed by atoms with Gasteiger partial charge in [-0.1, -0.05) is 22.9 Å². The molecule has 1 N–H and O–H groups in total. The van der Waals surface area contributed by atoms with E-state index >= 15 is 0 Å². The van der Waals surface area contributed by atoms with E-state index in [-0.39, 0.29) is 16.7 Å². The van der Waals surface area contributed by atoms with Gasteiger partial charge < -0.3 is 18.7 Å². The monoisotopic (exact) mass is 804 g/mol. The molecule has 0 amide bonds. The van der Waals surface area contributed by atoms with Crippen LogP contribution in [0, 0.1) is 0 Å². The lowest BCUT2D eigenvalue weighted by Crippen LogP contribution is -2.43. The third-order valence-electron chi connectivity index (χ3n) is 6.07. The van der Waals surface area contributed by atoms with Crippen LogP contribution in [0.2, 0.25) is 39.3 Å². The Morgan fingerprint density at radius 1 is 0.708 bits per heavy atom. The van der Waals surface area contributed by atoms with Gasteiger partial charge in [-0.2, -0.15) is 0 Å². The average molecular weight is 806 g/mol. The Balaban J connectivity index is -0.000000258. The maximum atomic E-state index is 13.2. The summed E-state index contributed by atoms with van der Waals surface area (Å²) in [6.07, 6.45) is -8.12. The van der Waals surface area contributed by atoms with Crippen molar-refractivity contribution >= 4 is 55.7 Å². The zero-order chi connectivity index (χ0) is 39.5. The van der Waals surface area contributed by atoms with Crippen molar-refractivity contribution in [1.29, 1.82) is 0 Å². The molecule has 10 atom stereocenters. The second-order valence-electron chi connectivity index (χ2n) is 13.4. The van der Waals surface area contributed by atoms with E-state index in [0.717, 1.165) is 6.92 Å². The summed E-state index contributed by atoms with van der Waals surface area (Å²) in [5, 5.41) is 8.40. The molecule has 8 nitrogen and oxygen atoms in total. The Hall–Kier alpha value is -0.916. The number of hydrogen-bond donors (Lipinski definition) is 1. The fourth-order valence-corrected chi connectivity index (χ4v) is 6.14. The van der Waals surface area contributed by atoms with Crippen LogP contribution in [0.25, 0.3) is 0 Å². The van der Waals surface area contributed by atoms with Gasteiger partial charge in [-0.3, -0.25) is 19.2 Å². The highest BCUT2D eigenvalue weighted by Gasteiger charge is 2.56. The first kappa shape index (κ1) is 53.9. The molecule has 0 aromatic carbocycles. The Morgan fingerprint density at radius 2 is 1.06 bits per heavy atom. The number of carbonyl (C=O) groups is 4. The molecule has 288 valence electrons. The molecule has 1 fully saturated rings. The number of rotatable bonds is 14. The number of ketones is 4. The summed E-state index contributed by atoms with van der Waals surface area (Å²) in [6.45, 7) is 27.1. The van der Waals surface area contributed by atoms with Crippen LogP contribution >= 0.6 is 15.9 Å². The van der Waals surface area contributed by atoms with E-state index in [4.69, 9.17) is 18.7 Å². The predicted octanol–water partition coefficient (Wildman–Crippen LogP) is 7.82. The number of Topliss-reactive ketones (excluding diaryl/α,β-unsaturated/α-hetero) is 4. The van der Waals surface area contributed by atoms with Crippen molar-refractivity contribution in [3.05, 3.63) is 0 Å². The van der Waals surface area contributed by atoms with Gasteiger partial charge in [0.2, 0.25) is 0 Å². The molecule has 1 aliphatic heterocycles. The second-order valence-corrected chi connectivity index (χ2v) is 23.7. The van der Waals surface area contributed by atoms with Crippen LogP contribution in [-0.2, 0) is 32.8 Å². The minimum absolute atomic E-state index is 0.126. The molecule has 0 saturated carbocycles. The summed E-state index contributed by atoms with van der Waals surface area (Å²) in [4.78, 5) is 41.5. The highest BCUT2D eigenvalue weighted by atomic mass is 79.9. The summed E-state index contributed by atoms with van der Waals surface area (Å²) >= 11 is 2.95. The van der Waals surface area contributed by atoms with E-state index in [9.17, 15) is 41.1 Å². The van der Waals surface area contributed by atoms with Crippen molar-refractivity contribution in [3.8, 4) is 0 Å². The first-order valence-electron chi connectivity index (χ1n) is 16.0. The lowest BCUT2D eigenvalue weighted by atomic mass is 10.0. The Labute approximate surface area is 296 Å². The van der Waals surface area contributed by atoms with Gasteiger partial charge in [0, 0.05) is 6.42 Å². The summed E-state index contributed by atoms with van der Waals surface area (Å²) in [6, 6.07) is 0. The lowest BCUT2D eigenvalue weighted by molar-refractivity contribution is -0.130. The number of aliphatic hydroxyl groups excluding tert-OH is 1. The minimum atomic E-state index is -1.72. The SMILES string of the molecule is CC(F)C(=O)C(C)Br.CC(F)C(=O)C(C)O[Si](C)(C)C.CC(F)C1(C(C)O[Si](C)(C)C)CO1.CC(O)C(=O)C(C)F.CCC(=O)C(C)F. The van der Waals surface area contributed by atoms with Crippen molar-refractivity contribution in [2.24, 2.45) is 0 Å². The largest absolute Gasteiger partial charge is 0.412 e. The second kappa shape index (κ2) is 25.1. The van der Waals surface area contributed by atoms with Crippen molar-refractivity contribution in [3.63, 3.8) is 0 Å². The fraction of sp³-hybridized carbons (Fsp3) is 0.875. The first-order valence-corrected chi connectivity index (χ1v) is 23.7. The molecule has 1 heterocycles. The molecule has 1 saturated heterocycles. The van der Waals surface area contributed by atoms with Crippen molar-refractivity contribution in [1.82, 2.24) is 0 Å². The summed E-state index contributed by atoms with van der Waals surface area (Å²) in [7, 11) is -3.30. The maximum absolute atomic E-state index is 13.2. The van der Waals surface area contributed by atoms with Crippen LogP contribution in [-0.4, -0.2) is 111 Å². The molecule has 1 aliphatic rings. The smallest absolute Gasteiger partial charge is 0.194 e. The van der Waals surface area contributed by atoms with Gasteiger partial charge in [-0.05, 0) is 102 Å². The molecular weight excluding hydrogens is 743 g/mol. The molecular formula is C32H62BrF5O8Si2. The van der Waals surface area contributed by atoms with Gasteiger partial charge in [-0.15, -0.1) is 0 Å². The number of epoxide rings is 1. The van der Waals surface area contributed by atoms with Gasteiger partial charge in [-0.25, -0.2) is 22.0 Å². The van der Waals surface area contributed by atoms with Crippen LogP contribution < -0.4 is 0 Å². The normalized spacial score (nSPS) is 21.0. The molecule has 0 aromatic heterocycles. The van der Waals surface area contributed by atoms with Crippen LogP contribution in [0.4, 0.5) is 22.0 Å². The molecule has 0 radical (unpaired) electrons. The van der Waals surface area contributed by atoms with Crippen LogP contribution in [0.15, 0.2) is 0 Å². The first-order chi connectivity index (χ1) is 21.3. The Morgan fingerprint density at radius 3 is 1.19 bits per heavy atom. The van der Waals surface area contributed by atoms with Crippen molar-refractivity contribution in [2.75, 3.05) is 6.61 Å². The van der Waals surface area contributed by atoms with E-state index in [1.165, 1.54) is 34.6 Å². The van der Waals surface area contributed by atoms with E-state index in [1.54, 1.807) is 20.8 Å². The molecule has 10 unspecified atom stereocenters. The zero-order valence-corrected chi connectivity index (χ0v) is 35.3. The quantitative estimate of drug-likeness (QED) is 0.0818. The third kappa shape index (κ3) is 27.9. The Bertz CT molecular complexity index is 890. The molecule has 0 spiro atoms. The highest BCUT2D eigenvalue weighted by molar-refractivity contribution is 9.10. The van der Waals surface area contributed by atoms with Gasteiger partial charge in [0.25, 0.3) is 0 Å². The number of halogens is 6. The molecule has 0 bridgehead atoms. The lowest BCUT2D eigenvalue weighted by Gasteiger charge is -2.28. The van der Waals surface area contributed by atoms with Crippen LogP contribution in [0.3, 0.4) is 0 Å². The summed E-state index contributed by atoms with van der Waals surface area (Å²) in [5.41, 5.74) is -0.639. The molecule has 48 heavy (non-hydrogen) atoms. The minimum Gasteiger partial charge on any atom is -0.412 e. The van der Waals surface area contributed by atoms with E-state index in [1.807, 2.05) is 26.6 Å². The van der Waals surface area contributed by atoms with Gasteiger partial charge in [0.15, 0.2) is 64.5 Å². The highest BCUT2D eigenvalue weighted by Crippen LogP contribution is 2.38. The van der Waals surface area contributed by atoms with Gasteiger partial charge >= 0.3 is 0 Å². The molecule has 16 heteroatoms. The molecule has 0 aliphatic carbocycles. The van der Waals surface area contributed by atoms with Crippen LogP contribution in [0.5, 0.6) is 0 Å². The fourth-order valence-electron chi connectivity index (χ4n) is 3.34. The topological polar surface area (TPSA) is 120 Å². The van der Waals surface area contributed by atoms with E-state index in [0.29, 0.717) is 13.0 Å². The van der Waals surface area contributed by atoms with Gasteiger partial charge in [0.05, 0.1) is 17.5 Å². The average Bonchev–Trinajstić information content (AvgIpc) is 3.73. The van der Waals surface area contributed by atoms with Gasteiger partial charge in [0.1, 0.15) is 24.0 Å². The summed E-state index contributed by atoms with van der Waals surface area (Å²) < 4.78 is 77.6.